The molecule has 3 N–H and O–H groups in total. The minimum Gasteiger partial charge on any atom is -0.338 e. The van der Waals surface area contributed by atoms with Gasteiger partial charge in [0.1, 0.15) is 5.82 Å². The van der Waals surface area contributed by atoms with E-state index in [2.05, 4.69) is 87.7 Å². The summed E-state index contributed by atoms with van der Waals surface area (Å²) in [5, 5.41) is 4.65. The number of imidazole rings is 1. The van der Waals surface area contributed by atoms with E-state index in [1.165, 1.54) is 12.0 Å². The van der Waals surface area contributed by atoms with Crippen LogP contribution in [0, 0.1) is 0 Å². The number of benzene rings is 3. The molecule has 0 radical (unpaired) electrons. The number of aromatic nitrogens is 4. The molecule has 3 aromatic carbocycles. The number of nitrogens with two attached hydrogens (primary N) is 1. The molecule has 1 aliphatic carbocycles. The van der Waals surface area contributed by atoms with Gasteiger partial charge in [0, 0.05) is 40.0 Å². The maximum absolute atomic E-state index is 6.67. The number of hydrogen-bond acceptors (Lipinski definition) is 5. The van der Waals surface area contributed by atoms with Crippen molar-refractivity contribution in [3.63, 3.8) is 0 Å². The minimum absolute atomic E-state index is 0.209. The molecule has 39 heavy (non-hydrogen) atoms. The van der Waals surface area contributed by atoms with Crippen LogP contribution in [0.5, 0.6) is 0 Å². The van der Waals surface area contributed by atoms with Crippen molar-refractivity contribution < 1.29 is 0 Å². The Morgan fingerprint density at radius 2 is 1.59 bits per heavy atom. The van der Waals surface area contributed by atoms with Crippen LogP contribution in [0.3, 0.4) is 0 Å². The van der Waals surface area contributed by atoms with Crippen molar-refractivity contribution in [2.75, 3.05) is 5.32 Å². The topological polar surface area (TPSA) is 81.7 Å². The monoisotopic (exact) mass is 506 g/mol. The van der Waals surface area contributed by atoms with Gasteiger partial charge < -0.3 is 11.1 Å². The smallest absolute Gasteiger partial charge is 0.154 e. The van der Waals surface area contributed by atoms with Gasteiger partial charge in [-0.3, -0.25) is 9.55 Å². The fraction of sp³-hybridized carbons (Fsp3) is 0.121. The molecule has 2 aliphatic rings. The van der Waals surface area contributed by atoms with Gasteiger partial charge in [0.2, 0.25) is 0 Å². The molecule has 188 valence electrons. The molecule has 0 saturated heterocycles. The first-order chi connectivity index (χ1) is 19.2. The van der Waals surface area contributed by atoms with Crippen molar-refractivity contribution in [3.05, 3.63) is 109 Å². The Bertz CT molecular complexity index is 1880. The van der Waals surface area contributed by atoms with Gasteiger partial charge in [-0.2, -0.15) is 0 Å². The maximum atomic E-state index is 6.67. The van der Waals surface area contributed by atoms with Gasteiger partial charge in [0.05, 0.1) is 28.3 Å². The Kier molecular flexibility index (Phi) is 4.75. The Hall–Kier alpha value is -4.81. The molecule has 4 heterocycles. The summed E-state index contributed by atoms with van der Waals surface area (Å²) in [6.07, 6.45) is 6.91. The fourth-order valence-corrected chi connectivity index (χ4v) is 5.91. The van der Waals surface area contributed by atoms with Crippen molar-refractivity contribution in [1.29, 1.82) is 0 Å². The van der Waals surface area contributed by atoms with Crippen LogP contribution in [0.15, 0.2) is 103 Å². The third kappa shape index (κ3) is 3.42. The van der Waals surface area contributed by atoms with Gasteiger partial charge in [-0.05, 0) is 61.2 Å². The van der Waals surface area contributed by atoms with Crippen LogP contribution in [0.4, 0.5) is 11.5 Å². The van der Waals surface area contributed by atoms with Crippen molar-refractivity contribution in [3.8, 4) is 39.6 Å². The first-order valence-corrected chi connectivity index (χ1v) is 13.4. The molecule has 6 nitrogen and oxygen atoms in total. The minimum atomic E-state index is -0.209. The Labute approximate surface area is 226 Å². The second-order valence-electron chi connectivity index (χ2n) is 10.5. The summed E-state index contributed by atoms with van der Waals surface area (Å²) in [6.45, 7) is 0. The molecule has 1 saturated carbocycles. The number of pyridine rings is 2. The molecule has 1 aliphatic heterocycles. The highest BCUT2D eigenvalue weighted by Crippen LogP contribution is 2.45. The molecule has 0 atom stereocenters. The normalized spacial score (nSPS) is 14.9. The van der Waals surface area contributed by atoms with Crippen LogP contribution in [-0.2, 0) is 5.54 Å². The number of hydrogen-bond donors (Lipinski definition) is 2. The van der Waals surface area contributed by atoms with Crippen molar-refractivity contribution in [2.45, 2.75) is 24.8 Å². The van der Waals surface area contributed by atoms with E-state index in [0.29, 0.717) is 0 Å². The van der Waals surface area contributed by atoms with E-state index in [1.54, 1.807) is 0 Å². The van der Waals surface area contributed by atoms with Gasteiger partial charge in [-0.15, -0.1) is 0 Å². The number of para-hydroxylation sites is 1. The average Bonchev–Trinajstić information content (AvgIpc) is 3.30. The molecule has 8 rings (SSSR count). The molecule has 0 unspecified atom stereocenters. The van der Waals surface area contributed by atoms with Crippen LogP contribution in [0.2, 0.25) is 0 Å². The third-order valence-corrected chi connectivity index (χ3v) is 8.18. The third-order valence-electron chi connectivity index (χ3n) is 8.18. The largest absolute Gasteiger partial charge is 0.338 e. The van der Waals surface area contributed by atoms with Gasteiger partial charge in [-0.25, -0.2) is 9.97 Å². The molecule has 0 amide bonds. The summed E-state index contributed by atoms with van der Waals surface area (Å²) in [4.78, 5) is 14.7. The second-order valence-corrected chi connectivity index (χ2v) is 10.5. The average molecular weight is 507 g/mol. The Morgan fingerprint density at radius 3 is 2.44 bits per heavy atom. The van der Waals surface area contributed by atoms with Gasteiger partial charge in [0.15, 0.2) is 5.82 Å². The number of anilines is 2. The number of fused-ring (bicyclic) bond motifs is 6. The Balaban J connectivity index is 1.43. The van der Waals surface area contributed by atoms with Gasteiger partial charge in [0.25, 0.3) is 0 Å². The van der Waals surface area contributed by atoms with E-state index < -0.39 is 0 Å². The second kappa shape index (κ2) is 8.35. The SMILES string of the molecule is NC1(c2ccc(-c3c(-c4ccc5cccnc5c4)nc4n3-c3cccnc3Nc3ccccc3-4)cc2)CCC1. The summed E-state index contributed by atoms with van der Waals surface area (Å²) >= 11 is 0. The molecular formula is C33H26N6. The molecule has 3 aromatic heterocycles. The zero-order valence-corrected chi connectivity index (χ0v) is 21.3. The number of nitrogens with one attached hydrogen (secondary N) is 1. The molecule has 0 bridgehead atoms. The quantitative estimate of drug-likeness (QED) is 0.265. The number of rotatable bonds is 3. The van der Waals surface area contributed by atoms with E-state index in [4.69, 9.17) is 15.7 Å². The molecule has 6 aromatic rings. The highest BCUT2D eigenvalue weighted by Gasteiger charge is 2.34. The zero-order chi connectivity index (χ0) is 26.0. The molecule has 1 fully saturated rings. The zero-order valence-electron chi connectivity index (χ0n) is 21.3. The van der Waals surface area contributed by atoms with E-state index in [-0.39, 0.29) is 5.54 Å². The lowest BCUT2D eigenvalue weighted by Crippen LogP contribution is -2.43. The van der Waals surface area contributed by atoms with E-state index in [9.17, 15) is 0 Å². The van der Waals surface area contributed by atoms with Crippen LogP contribution in [-0.4, -0.2) is 19.5 Å². The van der Waals surface area contributed by atoms with Crippen molar-refractivity contribution in [2.24, 2.45) is 5.73 Å². The van der Waals surface area contributed by atoms with Gasteiger partial charge in [-0.1, -0.05) is 54.6 Å². The van der Waals surface area contributed by atoms with Crippen molar-refractivity contribution >= 4 is 22.4 Å². The maximum Gasteiger partial charge on any atom is 0.154 e. The fourth-order valence-electron chi connectivity index (χ4n) is 5.91. The summed E-state index contributed by atoms with van der Waals surface area (Å²) in [7, 11) is 0. The highest BCUT2D eigenvalue weighted by atomic mass is 15.2. The van der Waals surface area contributed by atoms with E-state index >= 15 is 0 Å². The summed E-state index contributed by atoms with van der Waals surface area (Å²) in [5.74, 6) is 1.66. The predicted molar refractivity (Wildman–Crippen MR) is 156 cm³/mol. The first-order valence-electron chi connectivity index (χ1n) is 13.4. The molecular weight excluding hydrogens is 480 g/mol. The lowest BCUT2D eigenvalue weighted by Gasteiger charge is -2.38. The first kappa shape index (κ1) is 22.2. The number of nitrogens with zero attached hydrogens (tertiary/aromatic N) is 4. The van der Waals surface area contributed by atoms with Crippen LogP contribution < -0.4 is 11.1 Å². The van der Waals surface area contributed by atoms with Gasteiger partial charge >= 0.3 is 0 Å². The van der Waals surface area contributed by atoms with Crippen LogP contribution >= 0.6 is 0 Å². The summed E-state index contributed by atoms with van der Waals surface area (Å²) in [5.41, 5.74) is 15.6. The van der Waals surface area contributed by atoms with Crippen LogP contribution in [0.25, 0.3) is 50.5 Å². The predicted octanol–water partition coefficient (Wildman–Crippen LogP) is 7.21. The summed E-state index contributed by atoms with van der Waals surface area (Å²) in [6, 6.07) is 31.5. The lowest BCUT2D eigenvalue weighted by atomic mass is 9.72. The highest BCUT2D eigenvalue weighted by molar-refractivity contribution is 5.93. The lowest BCUT2D eigenvalue weighted by molar-refractivity contribution is 0.253. The van der Waals surface area contributed by atoms with E-state index in [0.717, 1.165) is 74.8 Å². The molecule has 0 spiro atoms. The van der Waals surface area contributed by atoms with Crippen LogP contribution in [0.1, 0.15) is 24.8 Å². The molecule has 6 heteroatoms. The standard InChI is InChI=1S/C33H26N6/c34-33(16-5-17-33)24-14-12-22(13-15-24)30-29(23-11-10-21-6-3-18-35-27(21)20-23)38-32-25-7-1-2-8-26(25)37-31-28(39(30)32)9-4-19-36-31/h1-4,6-15,18-20H,5,16-17,34H2,(H,36,37). The summed E-state index contributed by atoms with van der Waals surface area (Å²) < 4.78 is 2.25. The van der Waals surface area contributed by atoms with E-state index in [1.807, 2.05) is 30.6 Å². The van der Waals surface area contributed by atoms with Crippen molar-refractivity contribution in [1.82, 2.24) is 19.5 Å². The Morgan fingerprint density at radius 1 is 0.795 bits per heavy atom.